The summed E-state index contributed by atoms with van der Waals surface area (Å²) in [5, 5.41) is 0. The summed E-state index contributed by atoms with van der Waals surface area (Å²) in [6.07, 6.45) is 1.61. The highest BCUT2D eigenvalue weighted by atomic mass is 32.7. The highest BCUT2D eigenvalue weighted by Crippen LogP contribution is 2.48. The van der Waals surface area contributed by atoms with Crippen molar-refractivity contribution in [2.45, 2.75) is 0 Å². The van der Waals surface area contributed by atoms with E-state index in [2.05, 4.69) is 0 Å². The van der Waals surface area contributed by atoms with Gasteiger partial charge in [-0.3, -0.25) is 4.57 Å². The molecule has 0 saturated carbocycles. The number of hydrogen-bond acceptors (Lipinski definition) is 2. The lowest BCUT2D eigenvalue weighted by molar-refractivity contribution is 0.503. The second kappa shape index (κ2) is 2.01. The van der Waals surface area contributed by atoms with E-state index in [4.69, 9.17) is 4.89 Å². The van der Waals surface area contributed by atoms with Gasteiger partial charge in [-0.15, -0.1) is 0 Å². The molecule has 0 fully saturated rings. The Balaban J connectivity index is 3.48. The Hall–Kier alpha value is 0.540. The van der Waals surface area contributed by atoms with E-state index in [1.54, 1.807) is 6.26 Å². The van der Waals surface area contributed by atoms with Crippen molar-refractivity contribution in [1.29, 1.82) is 0 Å². The molecule has 4 heteroatoms. The zero-order valence-electron chi connectivity index (χ0n) is 3.71. The van der Waals surface area contributed by atoms with Gasteiger partial charge in [0.25, 0.3) is 6.57 Å². The van der Waals surface area contributed by atoms with Crippen molar-refractivity contribution in [2.75, 3.05) is 12.9 Å². The van der Waals surface area contributed by atoms with Crippen LogP contribution in [0.5, 0.6) is 0 Å². The highest BCUT2D eigenvalue weighted by molar-refractivity contribution is 8.55. The lowest BCUT2D eigenvalue weighted by Crippen LogP contribution is -1.60. The van der Waals surface area contributed by atoms with Crippen LogP contribution >= 0.6 is 18.0 Å². The first-order valence-corrected chi connectivity index (χ1v) is 5.36. The molecule has 0 aromatic heterocycles. The molecule has 2 nitrogen and oxygen atoms in total. The third kappa shape index (κ3) is 4.54. The van der Waals surface area contributed by atoms with E-state index >= 15 is 0 Å². The maximum Gasteiger partial charge on any atom is 0.251 e. The topological polar surface area (TPSA) is 37.3 Å². The molecule has 0 saturated heterocycles. The fourth-order valence-electron chi connectivity index (χ4n) is 0. The summed E-state index contributed by atoms with van der Waals surface area (Å²) in [5.41, 5.74) is 0. The Kier molecular flexibility index (Phi) is 2.19. The van der Waals surface area contributed by atoms with Gasteiger partial charge in [0, 0.05) is 6.66 Å². The summed E-state index contributed by atoms with van der Waals surface area (Å²) in [6, 6.07) is 0. The van der Waals surface area contributed by atoms with E-state index < -0.39 is 6.57 Å². The molecule has 38 valence electrons. The van der Waals surface area contributed by atoms with E-state index in [1.165, 1.54) is 6.66 Å². The molecule has 0 radical (unpaired) electrons. The molecule has 0 aliphatic carbocycles. The molecule has 1 unspecified atom stereocenters. The molecular formula is C2H7O2PS. The van der Waals surface area contributed by atoms with E-state index in [0.29, 0.717) is 0 Å². The van der Waals surface area contributed by atoms with Crippen molar-refractivity contribution in [1.82, 2.24) is 0 Å². The van der Waals surface area contributed by atoms with Gasteiger partial charge >= 0.3 is 0 Å². The molecule has 0 rings (SSSR count). The fraction of sp³-hybridized carbons (Fsp3) is 1.00. The molecule has 0 bridgehead atoms. The van der Waals surface area contributed by atoms with Gasteiger partial charge in [-0.1, -0.05) is 11.4 Å². The molecule has 0 aromatic carbocycles. The van der Waals surface area contributed by atoms with Gasteiger partial charge < -0.3 is 4.89 Å². The molecule has 0 spiro atoms. The van der Waals surface area contributed by atoms with Crippen molar-refractivity contribution in [2.24, 2.45) is 0 Å². The first-order valence-electron chi connectivity index (χ1n) is 1.42. The summed E-state index contributed by atoms with van der Waals surface area (Å²) >= 11 is 0.993. The van der Waals surface area contributed by atoms with Gasteiger partial charge in [-0.25, -0.2) is 0 Å². The summed E-state index contributed by atoms with van der Waals surface area (Å²) < 4.78 is 10.1. The fourth-order valence-corrected chi connectivity index (χ4v) is 0. The van der Waals surface area contributed by atoms with Crippen LogP contribution in [0.2, 0.25) is 0 Å². The molecule has 0 aliphatic rings. The highest BCUT2D eigenvalue weighted by Gasteiger charge is 2.02. The molecule has 1 N–H and O–H groups in total. The molecule has 6 heavy (non-hydrogen) atoms. The SMILES string of the molecule is CSP(C)(=O)O. The largest absolute Gasteiger partial charge is 0.337 e. The Morgan fingerprint density at radius 2 is 2.00 bits per heavy atom. The van der Waals surface area contributed by atoms with E-state index in [-0.39, 0.29) is 0 Å². The van der Waals surface area contributed by atoms with Gasteiger partial charge in [-0.2, -0.15) is 0 Å². The van der Waals surface area contributed by atoms with Crippen LogP contribution < -0.4 is 0 Å². The van der Waals surface area contributed by atoms with E-state index in [0.717, 1.165) is 11.4 Å². The van der Waals surface area contributed by atoms with Crippen molar-refractivity contribution in [3.8, 4) is 0 Å². The first-order chi connectivity index (χ1) is 2.56. The first kappa shape index (κ1) is 6.54. The molecule has 0 aliphatic heterocycles. The van der Waals surface area contributed by atoms with Crippen molar-refractivity contribution < 1.29 is 9.46 Å². The zero-order chi connectivity index (χ0) is 5.21. The van der Waals surface area contributed by atoms with E-state index in [1.807, 2.05) is 0 Å². The third-order valence-corrected chi connectivity index (χ3v) is 3.05. The van der Waals surface area contributed by atoms with Crippen LogP contribution in [0.25, 0.3) is 0 Å². The Morgan fingerprint density at radius 1 is 1.83 bits per heavy atom. The molecule has 0 heterocycles. The average molecular weight is 126 g/mol. The minimum Gasteiger partial charge on any atom is -0.337 e. The Bertz CT molecular complexity index is 75.6. The number of rotatable bonds is 1. The molecular weight excluding hydrogens is 119 g/mol. The maximum absolute atomic E-state index is 10.1. The van der Waals surface area contributed by atoms with E-state index in [9.17, 15) is 4.57 Å². The molecule has 0 aromatic rings. The predicted octanol–water partition coefficient (Wildman–Crippen LogP) is 1.16. The van der Waals surface area contributed by atoms with Crippen LogP contribution in [0.3, 0.4) is 0 Å². The number of hydrogen-bond donors (Lipinski definition) is 1. The second-order valence-electron chi connectivity index (χ2n) is 0.986. The summed E-state index contributed by atoms with van der Waals surface area (Å²) in [4.78, 5) is 8.34. The van der Waals surface area contributed by atoms with Gasteiger partial charge in [0.05, 0.1) is 0 Å². The van der Waals surface area contributed by atoms with Crippen molar-refractivity contribution in [3.05, 3.63) is 0 Å². The Morgan fingerprint density at radius 3 is 2.00 bits per heavy atom. The lowest BCUT2D eigenvalue weighted by atomic mass is 12.0. The maximum atomic E-state index is 10.1. The summed E-state index contributed by atoms with van der Waals surface area (Å²) in [5.74, 6) is 0. The average Bonchev–Trinajstić information content (AvgIpc) is 1.35. The van der Waals surface area contributed by atoms with Crippen LogP contribution in [0.4, 0.5) is 0 Å². The summed E-state index contributed by atoms with van der Waals surface area (Å²) in [6.45, 7) is -1.41. The standard InChI is InChI=1S/C2H7O2PS/c1-5(3,4)6-2/h1-2H3,(H,3,4). The quantitative estimate of drug-likeness (QED) is 0.536. The van der Waals surface area contributed by atoms with Gasteiger partial charge in [0.15, 0.2) is 0 Å². The Labute approximate surface area is 41.1 Å². The smallest absolute Gasteiger partial charge is 0.251 e. The van der Waals surface area contributed by atoms with Crippen molar-refractivity contribution >= 4 is 18.0 Å². The predicted molar refractivity (Wildman–Crippen MR) is 29.3 cm³/mol. The van der Waals surface area contributed by atoms with Gasteiger partial charge in [0.1, 0.15) is 0 Å². The van der Waals surface area contributed by atoms with Crippen LogP contribution in [0.15, 0.2) is 0 Å². The monoisotopic (exact) mass is 126 g/mol. The molecule has 1 atom stereocenters. The van der Waals surface area contributed by atoms with Crippen LogP contribution in [-0.4, -0.2) is 17.8 Å². The van der Waals surface area contributed by atoms with Crippen LogP contribution in [-0.2, 0) is 4.57 Å². The normalized spacial score (nSPS) is 19.8. The minimum atomic E-state index is -2.73. The molecule has 0 amide bonds. The van der Waals surface area contributed by atoms with Crippen LogP contribution in [0, 0.1) is 0 Å². The van der Waals surface area contributed by atoms with Gasteiger partial charge in [-0.05, 0) is 6.26 Å². The minimum absolute atomic E-state index is 0.993. The lowest BCUT2D eigenvalue weighted by Gasteiger charge is -1.93. The van der Waals surface area contributed by atoms with Gasteiger partial charge in [0.2, 0.25) is 0 Å². The van der Waals surface area contributed by atoms with Crippen molar-refractivity contribution in [3.63, 3.8) is 0 Å². The second-order valence-corrected chi connectivity index (χ2v) is 6.08. The third-order valence-electron chi connectivity index (χ3n) is 0.339. The van der Waals surface area contributed by atoms with Crippen LogP contribution in [0.1, 0.15) is 0 Å². The zero-order valence-corrected chi connectivity index (χ0v) is 5.42. The summed E-state index contributed by atoms with van der Waals surface area (Å²) in [7, 11) is 0.